The minimum Gasteiger partial charge on any atom is -0.451 e. The first-order chi connectivity index (χ1) is 4.75. The van der Waals surface area contributed by atoms with Crippen molar-refractivity contribution in [3.8, 4) is 0 Å². The number of carbonyl (C=O) groups is 1. The first kappa shape index (κ1) is 6.66. The number of nitrogens with zero attached hydrogens (tertiary/aromatic N) is 4. The van der Waals surface area contributed by atoms with E-state index in [1.54, 1.807) is 6.92 Å². The van der Waals surface area contributed by atoms with Gasteiger partial charge in [-0.2, -0.15) is 0 Å². The molecule has 0 saturated carbocycles. The molecule has 0 bridgehead atoms. The predicted octanol–water partition coefficient (Wildman–Crippen LogP) is -0.404. The van der Waals surface area contributed by atoms with Crippen LogP contribution in [0.5, 0.6) is 0 Å². The number of tetrazole rings is 1. The van der Waals surface area contributed by atoms with Crippen LogP contribution in [0, 0.1) is 6.92 Å². The molecule has 0 spiro atoms. The van der Waals surface area contributed by atoms with Gasteiger partial charge in [-0.1, -0.05) is 0 Å². The van der Waals surface area contributed by atoms with Crippen molar-refractivity contribution in [2.45, 2.75) is 6.92 Å². The zero-order valence-corrected chi connectivity index (χ0v) is 5.61. The van der Waals surface area contributed by atoms with E-state index in [9.17, 15) is 4.79 Å². The van der Waals surface area contributed by atoms with Crippen LogP contribution < -0.4 is 0 Å². The van der Waals surface area contributed by atoms with Gasteiger partial charge in [0.1, 0.15) is 0 Å². The Morgan fingerprint density at radius 3 is 2.80 bits per heavy atom. The fourth-order valence-corrected chi connectivity index (χ4v) is 0.487. The third kappa shape index (κ3) is 0.949. The Hall–Kier alpha value is -1.46. The van der Waals surface area contributed by atoms with E-state index < -0.39 is 6.09 Å². The highest BCUT2D eigenvalue weighted by Gasteiger charge is 2.08. The minimum absolute atomic E-state index is 0.409. The Morgan fingerprint density at radius 1 is 1.70 bits per heavy atom. The molecule has 0 fully saturated rings. The molecule has 0 aliphatic carbocycles. The predicted molar refractivity (Wildman–Crippen MR) is 30.4 cm³/mol. The molecule has 0 atom stereocenters. The molecule has 54 valence electrons. The molecule has 1 aromatic heterocycles. The summed E-state index contributed by atoms with van der Waals surface area (Å²) in [5.41, 5.74) is 0. The number of ether oxygens (including phenoxy) is 1. The summed E-state index contributed by atoms with van der Waals surface area (Å²) in [7, 11) is 1.27. The van der Waals surface area contributed by atoms with Gasteiger partial charge in [-0.05, 0) is 17.4 Å². The fourth-order valence-electron chi connectivity index (χ4n) is 0.487. The lowest BCUT2D eigenvalue weighted by atomic mass is 10.7. The van der Waals surface area contributed by atoms with Crippen LogP contribution in [0.4, 0.5) is 4.79 Å². The molecule has 0 aliphatic rings. The van der Waals surface area contributed by atoms with Crippen molar-refractivity contribution >= 4 is 6.09 Å². The Bertz CT molecular complexity index is 243. The van der Waals surface area contributed by atoms with Crippen molar-refractivity contribution in [2.75, 3.05) is 7.11 Å². The number of methoxy groups -OCH3 is 1. The molecule has 1 rings (SSSR count). The molecular weight excluding hydrogens is 136 g/mol. The number of hydrogen-bond donors (Lipinski definition) is 0. The number of carbonyl (C=O) groups excluding carboxylic acids is 1. The van der Waals surface area contributed by atoms with Gasteiger partial charge in [-0.15, -0.1) is 9.78 Å². The lowest BCUT2D eigenvalue weighted by molar-refractivity contribution is 0.168. The maximum atomic E-state index is 10.7. The molecule has 1 aromatic rings. The summed E-state index contributed by atoms with van der Waals surface area (Å²) in [5, 5.41) is 10.1. The second kappa shape index (κ2) is 2.42. The Labute approximate surface area is 56.8 Å². The van der Waals surface area contributed by atoms with Crippen molar-refractivity contribution < 1.29 is 9.53 Å². The van der Waals surface area contributed by atoms with Crippen LogP contribution in [0.1, 0.15) is 5.82 Å². The second-order valence-electron chi connectivity index (χ2n) is 1.61. The summed E-state index contributed by atoms with van der Waals surface area (Å²) in [6.45, 7) is 1.61. The highest BCUT2D eigenvalue weighted by atomic mass is 16.5. The summed E-state index contributed by atoms with van der Waals surface area (Å²) < 4.78 is 5.33. The SMILES string of the molecule is COC(=O)n1nnnc1C. The van der Waals surface area contributed by atoms with E-state index in [1.807, 2.05) is 0 Å². The van der Waals surface area contributed by atoms with Crippen molar-refractivity contribution in [1.82, 2.24) is 20.2 Å². The Morgan fingerprint density at radius 2 is 2.40 bits per heavy atom. The van der Waals surface area contributed by atoms with Crippen LogP contribution in [0.2, 0.25) is 0 Å². The third-order valence-electron chi connectivity index (χ3n) is 0.973. The van der Waals surface area contributed by atoms with Gasteiger partial charge in [0.25, 0.3) is 0 Å². The first-order valence-corrected chi connectivity index (χ1v) is 2.59. The standard InChI is InChI=1S/C4H6N4O2/c1-3-5-6-7-8(3)4(9)10-2/h1-2H3. The lowest BCUT2D eigenvalue weighted by Gasteiger charge is -1.94. The van der Waals surface area contributed by atoms with Gasteiger partial charge in [0, 0.05) is 0 Å². The molecule has 1 heterocycles. The average Bonchev–Trinajstić information content (AvgIpc) is 2.34. The molecule has 0 aliphatic heterocycles. The highest BCUT2D eigenvalue weighted by molar-refractivity contribution is 5.69. The number of hydrogen-bond acceptors (Lipinski definition) is 5. The van der Waals surface area contributed by atoms with Crippen LogP contribution in [0.15, 0.2) is 0 Å². The quantitative estimate of drug-likeness (QED) is 0.461. The maximum absolute atomic E-state index is 10.7. The molecule has 0 aromatic carbocycles. The molecule has 0 saturated heterocycles. The summed E-state index contributed by atoms with van der Waals surface area (Å²) in [4.78, 5) is 10.7. The van der Waals surface area contributed by atoms with E-state index in [0.29, 0.717) is 5.82 Å². The molecule has 0 N–H and O–H groups in total. The molecule has 6 heteroatoms. The van der Waals surface area contributed by atoms with Gasteiger partial charge in [0.2, 0.25) is 0 Å². The zero-order chi connectivity index (χ0) is 7.56. The normalized spacial score (nSPS) is 9.40. The summed E-state index contributed by atoms with van der Waals surface area (Å²) >= 11 is 0. The van der Waals surface area contributed by atoms with E-state index in [-0.39, 0.29) is 0 Å². The highest BCUT2D eigenvalue weighted by Crippen LogP contribution is 1.88. The van der Waals surface area contributed by atoms with Gasteiger partial charge >= 0.3 is 6.09 Å². The van der Waals surface area contributed by atoms with Crippen molar-refractivity contribution in [3.63, 3.8) is 0 Å². The van der Waals surface area contributed by atoms with Crippen molar-refractivity contribution in [3.05, 3.63) is 5.82 Å². The van der Waals surface area contributed by atoms with Crippen LogP contribution in [-0.4, -0.2) is 33.4 Å². The summed E-state index contributed by atoms with van der Waals surface area (Å²) in [6.07, 6.45) is -0.581. The van der Waals surface area contributed by atoms with Gasteiger partial charge in [-0.3, -0.25) is 0 Å². The lowest BCUT2D eigenvalue weighted by Crippen LogP contribution is -2.14. The summed E-state index contributed by atoms with van der Waals surface area (Å²) in [6, 6.07) is 0. The van der Waals surface area contributed by atoms with E-state index in [0.717, 1.165) is 4.68 Å². The largest absolute Gasteiger partial charge is 0.451 e. The van der Waals surface area contributed by atoms with Gasteiger partial charge in [0.15, 0.2) is 5.82 Å². The van der Waals surface area contributed by atoms with Crippen LogP contribution in [0.25, 0.3) is 0 Å². The maximum Gasteiger partial charge on any atom is 0.437 e. The number of aromatic nitrogens is 4. The minimum atomic E-state index is -0.581. The third-order valence-corrected chi connectivity index (χ3v) is 0.973. The molecular formula is C4H6N4O2. The van der Waals surface area contributed by atoms with Gasteiger partial charge < -0.3 is 4.74 Å². The Kier molecular flexibility index (Phi) is 1.61. The smallest absolute Gasteiger partial charge is 0.437 e. The number of aryl methyl sites for hydroxylation is 1. The Balaban J connectivity index is 2.93. The van der Waals surface area contributed by atoms with Gasteiger partial charge in [-0.25, -0.2) is 4.79 Å². The van der Waals surface area contributed by atoms with Crippen molar-refractivity contribution in [1.29, 1.82) is 0 Å². The first-order valence-electron chi connectivity index (χ1n) is 2.59. The summed E-state index contributed by atoms with van der Waals surface area (Å²) in [5.74, 6) is 0.409. The monoisotopic (exact) mass is 142 g/mol. The average molecular weight is 142 g/mol. The molecule has 0 unspecified atom stereocenters. The topological polar surface area (TPSA) is 69.9 Å². The van der Waals surface area contributed by atoms with E-state index in [4.69, 9.17) is 0 Å². The van der Waals surface area contributed by atoms with E-state index in [2.05, 4.69) is 20.3 Å². The van der Waals surface area contributed by atoms with Gasteiger partial charge in [0.05, 0.1) is 7.11 Å². The van der Waals surface area contributed by atoms with E-state index >= 15 is 0 Å². The molecule has 0 amide bonds. The van der Waals surface area contributed by atoms with Crippen LogP contribution >= 0.6 is 0 Å². The fraction of sp³-hybridized carbons (Fsp3) is 0.500. The van der Waals surface area contributed by atoms with E-state index in [1.165, 1.54) is 7.11 Å². The zero-order valence-electron chi connectivity index (χ0n) is 5.61. The molecule has 6 nitrogen and oxygen atoms in total. The second-order valence-corrected chi connectivity index (χ2v) is 1.61. The molecule has 0 radical (unpaired) electrons. The molecule has 10 heavy (non-hydrogen) atoms. The number of rotatable bonds is 0. The van der Waals surface area contributed by atoms with Crippen LogP contribution in [-0.2, 0) is 4.74 Å². The van der Waals surface area contributed by atoms with Crippen molar-refractivity contribution in [2.24, 2.45) is 0 Å². The van der Waals surface area contributed by atoms with Crippen LogP contribution in [0.3, 0.4) is 0 Å².